The Bertz CT molecular complexity index is 1540. The Morgan fingerprint density at radius 2 is 1.55 bits per heavy atom. The molecule has 0 bridgehead atoms. The van der Waals surface area contributed by atoms with E-state index in [9.17, 15) is 32.9 Å². The van der Waals surface area contributed by atoms with Crippen molar-refractivity contribution in [3.05, 3.63) is 81.7 Å². The van der Waals surface area contributed by atoms with Gasteiger partial charge < -0.3 is 15.4 Å². The Labute approximate surface area is 242 Å². The number of hydrogen-bond acceptors (Lipinski definition) is 10. The van der Waals surface area contributed by atoms with Crippen LogP contribution >= 0.6 is 0 Å². The van der Waals surface area contributed by atoms with E-state index in [0.717, 1.165) is 0 Å². The number of nitro benzene ring substituents is 1. The lowest BCUT2D eigenvalue weighted by Crippen LogP contribution is -2.43. The number of anilines is 2. The molecule has 0 spiro atoms. The molecule has 0 aliphatic carbocycles. The summed E-state index contributed by atoms with van der Waals surface area (Å²) >= 11 is 0. The highest BCUT2D eigenvalue weighted by Gasteiger charge is 2.23. The first-order valence-corrected chi connectivity index (χ1v) is 14.3. The lowest BCUT2D eigenvalue weighted by Gasteiger charge is -2.17. The molecule has 0 fully saturated rings. The molecular weight excluding hydrogens is 568 g/mol. The molecule has 222 valence electrons. The fourth-order valence-corrected chi connectivity index (χ4v) is 4.75. The van der Waals surface area contributed by atoms with E-state index in [1.54, 1.807) is 26.8 Å². The minimum Gasteiger partial charge on any atom is -0.464 e. The van der Waals surface area contributed by atoms with Crippen molar-refractivity contribution < 1.29 is 32.5 Å². The number of carbonyl (C=O) groups excluding carboxylic acids is 3. The molecular formula is C27H30N6O8S. The number of carbonyl (C=O) groups is 3. The summed E-state index contributed by atoms with van der Waals surface area (Å²) in [5.74, 6) is -1.82. The van der Waals surface area contributed by atoms with Crippen LogP contribution in [0.2, 0.25) is 0 Å². The summed E-state index contributed by atoms with van der Waals surface area (Å²) in [5, 5.41) is 16.0. The molecule has 15 heteroatoms. The number of sulfonamides is 1. The SMILES string of the molecule is CCOC(=O)C(Cc1ccc([N+](=O)[O-])cc1)NC(=O)CCC(=O)Nc1ccc(S(=O)(=O)Nc2nc(C)cc(C)n2)cc1. The number of amides is 2. The Kier molecular flexibility index (Phi) is 10.6. The number of aryl methyl sites for hydroxylation is 2. The number of aromatic nitrogens is 2. The monoisotopic (exact) mass is 598 g/mol. The molecule has 3 N–H and O–H groups in total. The van der Waals surface area contributed by atoms with Gasteiger partial charge in [-0.3, -0.25) is 19.7 Å². The smallest absolute Gasteiger partial charge is 0.328 e. The van der Waals surface area contributed by atoms with E-state index in [1.807, 2.05) is 0 Å². The number of rotatable bonds is 13. The molecule has 1 atom stereocenters. The van der Waals surface area contributed by atoms with Gasteiger partial charge in [-0.25, -0.2) is 27.9 Å². The first kappa shape index (κ1) is 31.6. The molecule has 0 saturated carbocycles. The van der Waals surface area contributed by atoms with Gasteiger partial charge in [0.2, 0.25) is 17.8 Å². The van der Waals surface area contributed by atoms with Gasteiger partial charge in [0.15, 0.2) is 0 Å². The van der Waals surface area contributed by atoms with Crippen molar-refractivity contribution in [1.82, 2.24) is 15.3 Å². The van der Waals surface area contributed by atoms with Crippen LogP contribution in [0.3, 0.4) is 0 Å². The summed E-state index contributed by atoms with van der Waals surface area (Å²) < 4.78 is 32.7. The van der Waals surface area contributed by atoms with E-state index < -0.39 is 38.8 Å². The Morgan fingerprint density at radius 3 is 2.12 bits per heavy atom. The first-order valence-electron chi connectivity index (χ1n) is 12.8. The normalized spacial score (nSPS) is 11.7. The molecule has 14 nitrogen and oxygen atoms in total. The standard InChI is InChI=1S/C27H30N6O8S/c1-4-41-26(36)23(16-19-5-9-21(10-6-19)33(37)38)31-25(35)14-13-24(34)30-20-7-11-22(12-8-20)42(39,40)32-27-28-17(2)15-18(3)29-27/h5-12,15,23H,4,13-14,16H2,1-3H3,(H,30,34)(H,31,35)(H,28,29,32). The fraction of sp³-hybridized carbons (Fsp3) is 0.296. The van der Waals surface area contributed by atoms with Gasteiger partial charge in [0.05, 0.1) is 16.4 Å². The molecule has 1 unspecified atom stereocenters. The van der Waals surface area contributed by atoms with Crippen LogP contribution in [0.1, 0.15) is 36.7 Å². The second-order valence-electron chi connectivity index (χ2n) is 9.15. The fourth-order valence-electron chi connectivity index (χ4n) is 3.81. The summed E-state index contributed by atoms with van der Waals surface area (Å²) in [6.45, 7) is 5.14. The van der Waals surface area contributed by atoms with Gasteiger partial charge in [0.25, 0.3) is 15.7 Å². The molecule has 0 radical (unpaired) electrons. The van der Waals surface area contributed by atoms with E-state index in [4.69, 9.17) is 4.74 Å². The molecule has 1 aromatic heterocycles. The summed E-state index contributed by atoms with van der Waals surface area (Å²) in [4.78, 5) is 55.7. The number of nitrogens with one attached hydrogen (secondary N) is 3. The van der Waals surface area contributed by atoms with E-state index in [2.05, 4.69) is 25.3 Å². The minimum atomic E-state index is -3.97. The van der Waals surface area contributed by atoms with E-state index in [1.165, 1.54) is 48.5 Å². The largest absolute Gasteiger partial charge is 0.464 e. The predicted octanol–water partition coefficient (Wildman–Crippen LogP) is 2.81. The maximum atomic E-state index is 12.7. The van der Waals surface area contributed by atoms with Crippen LogP contribution < -0.4 is 15.4 Å². The highest BCUT2D eigenvalue weighted by Crippen LogP contribution is 2.18. The van der Waals surface area contributed by atoms with Crippen LogP contribution in [-0.2, 0) is 35.6 Å². The van der Waals surface area contributed by atoms with Crippen LogP contribution in [0.5, 0.6) is 0 Å². The molecule has 2 amide bonds. The number of ether oxygens (including phenoxy) is 1. The number of non-ortho nitro benzene ring substituents is 1. The van der Waals surface area contributed by atoms with E-state index in [-0.39, 0.29) is 42.4 Å². The third-order valence-electron chi connectivity index (χ3n) is 5.73. The molecule has 0 aliphatic rings. The number of nitrogens with zero attached hydrogens (tertiary/aromatic N) is 3. The average Bonchev–Trinajstić information content (AvgIpc) is 2.91. The quantitative estimate of drug-likeness (QED) is 0.149. The van der Waals surface area contributed by atoms with Crippen molar-refractivity contribution in [1.29, 1.82) is 0 Å². The van der Waals surface area contributed by atoms with Crippen molar-refractivity contribution >= 4 is 45.1 Å². The van der Waals surface area contributed by atoms with Crippen LogP contribution in [0.25, 0.3) is 0 Å². The van der Waals surface area contributed by atoms with Crippen LogP contribution in [0.15, 0.2) is 59.5 Å². The predicted molar refractivity (Wildman–Crippen MR) is 152 cm³/mol. The lowest BCUT2D eigenvalue weighted by molar-refractivity contribution is -0.384. The average molecular weight is 599 g/mol. The van der Waals surface area contributed by atoms with Crippen molar-refractivity contribution in [2.45, 2.75) is 51.0 Å². The highest BCUT2D eigenvalue weighted by molar-refractivity contribution is 7.92. The van der Waals surface area contributed by atoms with Gasteiger partial charge in [0.1, 0.15) is 6.04 Å². The van der Waals surface area contributed by atoms with Crippen LogP contribution in [-0.4, -0.2) is 53.7 Å². The molecule has 3 aromatic rings. The topological polar surface area (TPSA) is 200 Å². The molecule has 0 saturated heterocycles. The van der Waals surface area contributed by atoms with Crippen molar-refractivity contribution in [3.8, 4) is 0 Å². The van der Waals surface area contributed by atoms with Crippen LogP contribution in [0.4, 0.5) is 17.3 Å². The Balaban J connectivity index is 1.54. The van der Waals surface area contributed by atoms with Crippen molar-refractivity contribution in [2.24, 2.45) is 0 Å². The molecule has 42 heavy (non-hydrogen) atoms. The zero-order valence-corrected chi connectivity index (χ0v) is 23.9. The van der Waals surface area contributed by atoms with E-state index in [0.29, 0.717) is 22.6 Å². The van der Waals surface area contributed by atoms with Crippen LogP contribution in [0, 0.1) is 24.0 Å². The number of benzene rings is 2. The van der Waals surface area contributed by atoms with Gasteiger partial charge in [-0.2, -0.15) is 0 Å². The first-order chi connectivity index (χ1) is 19.9. The molecule has 0 aliphatic heterocycles. The Hall–Kier alpha value is -4.92. The lowest BCUT2D eigenvalue weighted by atomic mass is 10.1. The van der Waals surface area contributed by atoms with Gasteiger partial charge in [0, 0.05) is 48.5 Å². The Morgan fingerprint density at radius 1 is 0.952 bits per heavy atom. The second-order valence-corrected chi connectivity index (χ2v) is 10.8. The third kappa shape index (κ3) is 9.33. The molecule has 1 heterocycles. The third-order valence-corrected chi connectivity index (χ3v) is 7.07. The summed E-state index contributed by atoms with van der Waals surface area (Å²) in [7, 11) is -3.97. The van der Waals surface area contributed by atoms with Crippen molar-refractivity contribution in [2.75, 3.05) is 16.6 Å². The van der Waals surface area contributed by atoms with Gasteiger partial charge in [-0.1, -0.05) is 12.1 Å². The molecule has 3 rings (SSSR count). The number of esters is 1. The van der Waals surface area contributed by atoms with Gasteiger partial charge in [-0.05, 0) is 56.7 Å². The second kappa shape index (κ2) is 14.1. The summed E-state index contributed by atoms with van der Waals surface area (Å²) in [5.41, 5.74) is 1.98. The number of hydrogen-bond donors (Lipinski definition) is 3. The summed E-state index contributed by atoms with van der Waals surface area (Å²) in [6, 6.07) is 11.6. The zero-order chi connectivity index (χ0) is 30.9. The number of nitro groups is 1. The van der Waals surface area contributed by atoms with Crippen molar-refractivity contribution in [3.63, 3.8) is 0 Å². The van der Waals surface area contributed by atoms with Gasteiger partial charge in [-0.15, -0.1) is 0 Å². The maximum Gasteiger partial charge on any atom is 0.328 e. The van der Waals surface area contributed by atoms with Gasteiger partial charge >= 0.3 is 5.97 Å². The maximum absolute atomic E-state index is 12.7. The highest BCUT2D eigenvalue weighted by atomic mass is 32.2. The van der Waals surface area contributed by atoms with E-state index >= 15 is 0 Å². The summed E-state index contributed by atoms with van der Waals surface area (Å²) in [6.07, 6.45) is -0.423. The zero-order valence-electron chi connectivity index (χ0n) is 23.1. The minimum absolute atomic E-state index is 0.0362. The molecule has 2 aromatic carbocycles.